The van der Waals surface area contributed by atoms with Crippen LogP contribution in [0.25, 0.3) is 10.9 Å². The van der Waals surface area contributed by atoms with Crippen LogP contribution < -0.4 is 15.4 Å². The number of carbonyl (C=O) groups excluding carboxylic acids is 1. The second-order valence-electron chi connectivity index (χ2n) is 6.47. The Balaban J connectivity index is 1.80. The minimum atomic E-state index is -0.982. The van der Waals surface area contributed by atoms with Gasteiger partial charge in [0.1, 0.15) is 30.0 Å². The number of rotatable bonds is 4. The van der Waals surface area contributed by atoms with E-state index < -0.39 is 5.97 Å². The maximum atomic E-state index is 13.1. The lowest BCUT2D eigenvalue weighted by atomic mass is 10.2. The van der Waals surface area contributed by atoms with E-state index in [0.717, 1.165) is 17.3 Å². The molecule has 28 heavy (non-hydrogen) atoms. The molecule has 3 aromatic rings. The summed E-state index contributed by atoms with van der Waals surface area (Å²) in [6, 6.07) is 7.05. The van der Waals surface area contributed by atoms with E-state index in [4.69, 9.17) is 10.5 Å². The number of benzene rings is 1. The Labute approximate surface area is 160 Å². The van der Waals surface area contributed by atoms with Gasteiger partial charge < -0.3 is 25.0 Å². The Bertz CT molecular complexity index is 1090. The van der Waals surface area contributed by atoms with E-state index in [9.17, 15) is 14.7 Å². The molecular weight excluding hydrogens is 362 g/mol. The number of carboxylic acids is 1. The monoisotopic (exact) mass is 381 g/mol. The van der Waals surface area contributed by atoms with Gasteiger partial charge in [-0.25, -0.2) is 14.8 Å². The van der Waals surface area contributed by atoms with Gasteiger partial charge in [0.25, 0.3) is 5.91 Å². The zero-order chi connectivity index (χ0) is 19.8. The van der Waals surface area contributed by atoms with Crippen molar-refractivity contribution in [2.75, 3.05) is 23.8 Å². The van der Waals surface area contributed by atoms with Crippen LogP contribution in [0, 0.1) is 0 Å². The summed E-state index contributed by atoms with van der Waals surface area (Å²) in [5.74, 6) is -1.10. The lowest BCUT2D eigenvalue weighted by molar-refractivity contribution is 0.0685. The quantitative estimate of drug-likeness (QED) is 0.710. The van der Waals surface area contributed by atoms with E-state index in [1.54, 1.807) is 27.7 Å². The van der Waals surface area contributed by atoms with Gasteiger partial charge in [0.05, 0.1) is 6.54 Å². The maximum Gasteiger partial charge on any atom is 0.352 e. The van der Waals surface area contributed by atoms with Crippen LogP contribution in [0.15, 0.2) is 30.6 Å². The van der Waals surface area contributed by atoms with Gasteiger partial charge >= 0.3 is 5.97 Å². The van der Waals surface area contributed by atoms with Crippen LogP contribution in [0.4, 0.5) is 11.5 Å². The lowest BCUT2D eigenvalue weighted by Gasteiger charge is -2.20. The Morgan fingerprint density at radius 3 is 2.89 bits per heavy atom. The van der Waals surface area contributed by atoms with Crippen LogP contribution in [0.2, 0.25) is 0 Å². The zero-order valence-electron chi connectivity index (χ0n) is 15.3. The molecule has 3 heterocycles. The van der Waals surface area contributed by atoms with E-state index in [1.165, 1.54) is 6.33 Å². The summed E-state index contributed by atoms with van der Waals surface area (Å²) >= 11 is 0. The first kappa shape index (κ1) is 17.8. The number of nitrogens with zero attached hydrogens (tertiary/aromatic N) is 4. The standard InChI is InChI=1S/C19H19N5O4/c1-2-5-24-13-4-3-12(8-11(13)9-14(24)19(26)27)23-6-7-28-17-15(18(23)25)16(20)21-10-22-17/h3-4,8-10H,2,5-7H2,1H3,(H,26,27)(H2,20,21,22). The molecule has 1 aromatic carbocycles. The molecule has 0 radical (unpaired) electrons. The van der Waals surface area contributed by atoms with Gasteiger partial charge in [0, 0.05) is 23.1 Å². The molecule has 9 heteroatoms. The average Bonchev–Trinajstić information content (AvgIpc) is 2.93. The van der Waals surface area contributed by atoms with E-state index >= 15 is 0 Å². The fourth-order valence-electron chi connectivity index (χ4n) is 3.48. The number of carbonyl (C=O) groups is 2. The molecule has 2 aromatic heterocycles. The molecule has 1 aliphatic heterocycles. The highest BCUT2D eigenvalue weighted by Gasteiger charge is 2.29. The van der Waals surface area contributed by atoms with Crippen molar-refractivity contribution in [3.05, 3.63) is 41.9 Å². The first-order valence-electron chi connectivity index (χ1n) is 8.93. The first-order chi connectivity index (χ1) is 13.5. The van der Waals surface area contributed by atoms with E-state index in [1.807, 2.05) is 13.0 Å². The number of amides is 1. The second kappa shape index (κ2) is 6.84. The fraction of sp³-hybridized carbons (Fsp3) is 0.263. The van der Waals surface area contributed by atoms with Crippen molar-refractivity contribution in [1.29, 1.82) is 0 Å². The molecule has 0 aliphatic carbocycles. The molecule has 4 rings (SSSR count). The van der Waals surface area contributed by atoms with Crippen molar-refractivity contribution in [3.8, 4) is 5.88 Å². The van der Waals surface area contributed by atoms with Gasteiger partial charge in [-0.3, -0.25) is 4.79 Å². The largest absolute Gasteiger partial charge is 0.477 e. The summed E-state index contributed by atoms with van der Waals surface area (Å²) in [6.45, 7) is 3.15. The SMILES string of the molecule is CCCn1c(C(=O)O)cc2cc(N3CCOc4ncnc(N)c4C3=O)ccc21. The highest BCUT2D eigenvalue weighted by Crippen LogP contribution is 2.30. The third-order valence-electron chi connectivity index (χ3n) is 4.72. The van der Waals surface area contributed by atoms with Gasteiger partial charge in [0.2, 0.25) is 5.88 Å². The van der Waals surface area contributed by atoms with Gasteiger partial charge in [-0.05, 0) is 30.7 Å². The van der Waals surface area contributed by atoms with Crippen molar-refractivity contribution in [2.45, 2.75) is 19.9 Å². The molecule has 9 nitrogen and oxygen atoms in total. The summed E-state index contributed by atoms with van der Waals surface area (Å²) < 4.78 is 7.32. The van der Waals surface area contributed by atoms with Crippen molar-refractivity contribution in [3.63, 3.8) is 0 Å². The lowest BCUT2D eigenvalue weighted by Crippen LogP contribution is -2.32. The number of aromatic nitrogens is 3. The number of aryl methyl sites for hydroxylation is 1. The Morgan fingerprint density at radius 2 is 2.14 bits per heavy atom. The predicted molar refractivity (Wildman–Crippen MR) is 103 cm³/mol. The van der Waals surface area contributed by atoms with Gasteiger partial charge in [-0.15, -0.1) is 0 Å². The van der Waals surface area contributed by atoms with Gasteiger partial charge in [-0.1, -0.05) is 6.92 Å². The fourth-order valence-corrected chi connectivity index (χ4v) is 3.48. The third kappa shape index (κ3) is 2.81. The van der Waals surface area contributed by atoms with E-state index in [2.05, 4.69) is 9.97 Å². The normalized spacial score (nSPS) is 13.9. The van der Waals surface area contributed by atoms with Crippen molar-refractivity contribution in [2.24, 2.45) is 0 Å². The van der Waals surface area contributed by atoms with Crippen LogP contribution in [-0.4, -0.2) is 44.7 Å². The molecule has 3 N–H and O–H groups in total. The highest BCUT2D eigenvalue weighted by molar-refractivity contribution is 6.11. The minimum Gasteiger partial charge on any atom is -0.477 e. The molecule has 0 spiro atoms. The summed E-state index contributed by atoms with van der Waals surface area (Å²) in [4.78, 5) is 34.1. The van der Waals surface area contributed by atoms with Crippen LogP contribution in [-0.2, 0) is 6.54 Å². The van der Waals surface area contributed by atoms with Gasteiger partial charge in [-0.2, -0.15) is 0 Å². The number of nitrogens with two attached hydrogens (primary N) is 1. The molecule has 1 aliphatic rings. The molecule has 0 bridgehead atoms. The Kier molecular flexibility index (Phi) is 4.34. The molecule has 0 fully saturated rings. The number of carboxylic acid groups (broad SMARTS) is 1. The maximum absolute atomic E-state index is 13.1. The number of nitrogen functional groups attached to an aromatic ring is 1. The number of ether oxygens (including phenoxy) is 1. The molecular formula is C19H19N5O4. The molecule has 144 valence electrons. The number of anilines is 2. The molecule has 0 saturated heterocycles. The number of fused-ring (bicyclic) bond motifs is 2. The van der Waals surface area contributed by atoms with Crippen LogP contribution in [0.5, 0.6) is 5.88 Å². The van der Waals surface area contributed by atoms with E-state index in [0.29, 0.717) is 18.8 Å². The van der Waals surface area contributed by atoms with E-state index in [-0.39, 0.29) is 35.5 Å². The predicted octanol–water partition coefficient (Wildman–Crippen LogP) is 2.16. The van der Waals surface area contributed by atoms with Crippen molar-refractivity contribution >= 4 is 34.3 Å². The third-order valence-corrected chi connectivity index (χ3v) is 4.72. The van der Waals surface area contributed by atoms with Crippen molar-refractivity contribution in [1.82, 2.24) is 14.5 Å². The molecule has 0 unspecified atom stereocenters. The number of hydrogen-bond donors (Lipinski definition) is 2. The summed E-state index contributed by atoms with van der Waals surface area (Å²) in [7, 11) is 0. The Hall–Kier alpha value is -3.62. The summed E-state index contributed by atoms with van der Waals surface area (Å²) in [6.07, 6.45) is 2.07. The van der Waals surface area contributed by atoms with Crippen LogP contribution in [0.1, 0.15) is 34.2 Å². The molecule has 0 saturated carbocycles. The molecule has 1 amide bonds. The average molecular weight is 381 g/mol. The highest BCUT2D eigenvalue weighted by atomic mass is 16.5. The first-order valence-corrected chi connectivity index (χ1v) is 8.93. The van der Waals surface area contributed by atoms with Crippen molar-refractivity contribution < 1.29 is 19.4 Å². The number of aromatic carboxylic acids is 1. The molecule has 0 atom stereocenters. The smallest absolute Gasteiger partial charge is 0.352 e. The zero-order valence-corrected chi connectivity index (χ0v) is 15.3. The van der Waals surface area contributed by atoms with Gasteiger partial charge in [0.15, 0.2) is 0 Å². The Morgan fingerprint density at radius 1 is 1.32 bits per heavy atom. The topological polar surface area (TPSA) is 124 Å². The van der Waals surface area contributed by atoms with Crippen LogP contribution >= 0.6 is 0 Å². The summed E-state index contributed by atoms with van der Waals surface area (Å²) in [5.41, 5.74) is 7.67. The summed E-state index contributed by atoms with van der Waals surface area (Å²) in [5, 5.41) is 10.2. The second-order valence-corrected chi connectivity index (χ2v) is 6.47. The minimum absolute atomic E-state index is 0.0604. The number of hydrogen-bond acceptors (Lipinski definition) is 6. The van der Waals surface area contributed by atoms with Crippen LogP contribution in [0.3, 0.4) is 0 Å².